The lowest BCUT2D eigenvalue weighted by molar-refractivity contribution is 0.563. The van der Waals surface area contributed by atoms with Gasteiger partial charge in [-0.15, -0.1) is 0 Å². The molecule has 0 aliphatic rings. The van der Waals surface area contributed by atoms with Gasteiger partial charge in [0.15, 0.2) is 0 Å². The van der Waals surface area contributed by atoms with E-state index < -0.39 is 0 Å². The van der Waals surface area contributed by atoms with E-state index in [4.69, 9.17) is 5.26 Å². The molecule has 0 aromatic heterocycles. The molecule has 1 aromatic rings. The Bertz CT molecular complexity index is 417. The number of halogens is 1. The van der Waals surface area contributed by atoms with Gasteiger partial charge < -0.3 is 0 Å². The first-order chi connectivity index (χ1) is 6.77. The van der Waals surface area contributed by atoms with E-state index in [-0.39, 0.29) is 0 Å². The molecule has 0 saturated carbocycles. The summed E-state index contributed by atoms with van der Waals surface area (Å²) < 4.78 is 0.928. The van der Waals surface area contributed by atoms with E-state index in [1.807, 2.05) is 6.07 Å². The van der Waals surface area contributed by atoms with Gasteiger partial charge in [-0.25, -0.2) is 9.79 Å². The van der Waals surface area contributed by atoms with Crippen LogP contribution in [0.5, 0.6) is 0 Å². The third-order valence-corrected chi connectivity index (χ3v) is 2.51. The van der Waals surface area contributed by atoms with Crippen LogP contribution in [0.15, 0.2) is 27.7 Å². The van der Waals surface area contributed by atoms with Crippen LogP contribution in [0, 0.1) is 11.3 Å². The van der Waals surface area contributed by atoms with Crippen LogP contribution in [0.4, 0.5) is 0 Å². The number of hydrogen-bond donors (Lipinski definition) is 0. The van der Waals surface area contributed by atoms with Gasteiger partial charge in [0.2, 0.25) is 6.08 Å². The monoisotopic (exact) mass is 250 g/mol. The van der Waals surface area contributed by atoms with Crippen LogP contribution in [-0.2, 0) is 11.2 Å². The highest BCUT2D eigenvalue weighted by Crippen LogP contribution is 2.18. The quantitative estimate of drug-likeness (QED) is 0.610. The van der Waals surface area contributed by atoms with Crippen LogP contribution in [0.3, 0.4) is 0 Å². The minimum atomic E-state index is 0.400. The second-order valence-electron chi connectivity index (χ2n) is 2.64. The maximum absolute atomic E-state index is 9.85. The highest BCUT2D eigenvalue weighted by Gasteiger charge is 2.00. The number of carbonyl (C=O) groups excluding carboxylic acids is 1. The molecule has 4 heteroatoms. The van der Waals surface area contributed by atoms with Crippen molar-refractivity contribution < 1.29 is 4.79 Å². The Hall–Kier alpha value is -1.43. The molecular formula is C10H7BrN2O. The summed E-state index contributed by atoms with van der Waals surface area (Å²) in [5.41, 5.74) is 1.58. The Morgan fingerprint density at radius 2 is 2.29 bits per heavy atom. The SMILES string of the molecule is N#Cc1ccc(Br)c(CCN=C=O)c1. The molecule has 14 heavy (non-hydrogen) atoms. The van der Waals surface area contributed by atoms with Crippen molar-refractivity contribution in [2.45, 2.75) is 6.42 Å². The second-order valence-corrected chi connectivity index (χ2v) is 3.50. The van der Waals surface area contributed by atoms with Crippen molar-refractivity contribution in [1.82, 2.24) is 0 Å². The Morgan fingerprint density at radius 3 is 2.93 bits per heavy atom. The number of isocyanates is 1. The summed E-state index contributed by atoms with van der Waals surface area (Å²) in [6, 6.07) is 7.39. The summed E-state index contributed by atoms with van der Waals surface area (Å²) in [6.07, 6.45) is 2.11. The van der Waals surface area contributed by atoms with Gasteiger partial charge >= 0.3 is 0 Å². The Kier molecular flexibility index (Phi) is 4.06. The smallest absolute Gasteiger partial charge is 0.211 e. The predicted molar refractivity (Wildman–Crippen MR) is 55.5 cm³/mol. The number of rotatable bonds is 3. The van der Waals surface area contributed by atoms with Crippen LogP contribution in [-0.4, -0.2) is 12.6 Å². The minimum absolute atomic E-state index is 0.400. The second kappa shape index (κ2) is 5.33. The van der Waals surface area contributed by atoms with Crippen molar-refractivity contribution in [1.29, 1.82) is 5.26 Å². The van der Waals surface area contributed by atoms with Gasteiger partial charge in [0, 0.05) is 4.47 Å². The molecule has 0 unspecified atom stereocenters. The summed E-state index contributed by atoms with van der Waals surface area (Å²) in [4.78, 5) is 13.3. The summed E-state index contributed by atoms with van der Waals surface area (Å²) >= 11 is 3.36. The van der Waals surface area contributed by atoms with Crippen molar-refractivity contribution in [3.63, 3.8) is 0 Å². The van der Waals surface area contributed by atoms with Crippen LogP contribution in [0.25, 0.3) is 0 Å². The first-order valence-electron chi connectivity index (χ1n) is 4.00. The molecule has 3 nitrogen and oxygen atoms in total. The molecule has 0 aliphatic heterocycles. The van der Waals surface area contributed by atoms with Crippen molar-refractivity contribution >= 4 is 22.0 Å². The molecule has 0 bridgehead atoms. The van der Waals surface area contributed by atoms with Crippen LogP contribution < -0.4 is 0 Å². The third-order valence-electron chi connectivity index (χ3n) is 1.73. The summed E-state index contributed by atoms with van der Waals surface area (Å²) in [5, 5.41) is 8.67. The number of hydrogen-bond acceptors (Lipinski definition) is 3. The van der Waals surface area contributed by atoms with Gasteiger partial charge in [-0.2, -0.15) is 5.26 Å². The topological polar surface area (TPSA) is 53.2 Å². The number of aliphatic imine (C=N–C) groups is 1. The average Bonchev–Trinajstić information content (AvgIpc) is 2.21. The van der Waals surface area contributed by atoms with Crippen LogP contribution in [0.1, 0.15) is 11.1 Å². The maximum Gasteiger partial charge on any atom is 0.234 e. The lowest BCUT2D eigenvalue weighted by Gasteiger charge is -2.01. The van der Waals surface area contributed by atoms with Gasteiger partial charge in [0.05, 0.1) is 18.2 Å². The van der Waals surface area contributed by atoms with Gasteiger partial charge in [0.25, 0.3) is 0 Å². The van der Waals surface area contributed by atoms with Gasteiger partial charge in [-0.3, -0.25) is 0 Å². The molecule has 0 N–H and O–H groups in total. The maximum atomic E-state index is 9.85. The zero-order valence-corrected chi connectivity index (χ0v) is 8.91. The van der Waals surface area contributed by atoms with Crippen molar-refractivity contribution in [2.75, 3.05) is 6.54 Å². The number of nitriles is 1. The molecule has 0 saturated heterocycles. The normalized spacial score (nSPS) is 8.86. The predicted octanol–water partition coefficient (Wildman–Crippen LogP) is 2.20. The Morgan fingerprint density at radius 1 is 1.50 bits per heavy atom. The van der Waals surface area contributed by atoms with Gasteiger partial charge in [0.1, 0.15) is 0 Å². The van der Waals surface area contributed by atoms with E-state index in [1.54, 1.807) is 12.1 Å². The van der Waals surface area contributed by atoms with E-state index >= 15 is 0 Å². The summed E-state index contributed by atoms with van der Waals surface area (Å²) in [5.74, 6) is 0. The van der Waals surface area contributed by atoms with E-state index in [1.165, 1.54) is 6.08 Å². The molecule has 70 valence electrons. The first-order valence-corrected chi connectivity index (χ1v) is 4.79. The van der Waals surface area contributed by atoms with Crippen LogP contribution >= 0.6 is 15.9 Å². The van der Waals surface area contributed by atoms with E-state index in [0.29, 0.717) is 18.5 Å². The number of nitrogens with zero attached hydrogens (tertiary/aromatic N) is 2. The molecule has 0 spiro atoms. The molecule has 0 heterocycles. The molecule has 1 aromatic carbocycles. The Labute approximate surface area is 90.2 Å². The van der Waals surface area contributed by atoms with Gasteiger partial charge in [-0.05, 0) is 30.2 Å². The zero-order valence-electron chi connectivity index (χ0n) is 7.33. The summed E-state index contributed by atoms with van der Waals surface area (Å²) in [7, 11) is 0. The van der Waals surface area contributed by atoms with Crippen molar-refractivity contribution in [3.05, 3.63) is 33.8 Å². The highest BCUT2D eigenvalue weighted by atomic mass is 79.9. The van der Waals surface area contributed by atoms with E-state index in [2.05, 4.69) is 27.0 Å². The lowest BCUT2D eigenvalue weighted by atomic mass is 10.1. The molecule has 1 rings (SSSR count). The largest absolute Gasteiger partial charge is 0.234 e. The fraction of sp³-hybridized carbons (Fsp3) is 0.200. The molecule has 0 radical (unpaired) electrons. The highest BCUT2D eigenvalue weighted by molar-refractivity contribution is 9.10. The van der Waals surface area contributed by atoms with Crippen LogP contribution in [0.2, 0.25) is 0 Å². The molecule has 0 atom stereocenters. The molecule has 0 aliphatic carbocycles. The molecule has 0 amide bonds. The fourth-order valence-corrected chi connectivity index (χ4v) is 1.50. The van der Waals surface area contributed by atoms with Gasteiger partial charge in [-0.1, -0.05) is 15.9 Å². The summed E-state index contributed by atoms with van der Waals surface area (Å²) in [6.45, 7) is 0.400. The average molecular weight is 251 g/mol. The molecule has 0 fully saturated rings. The van der Waals surface area contributed by atoms with Crippen molar-refractivity contribution in [2.24, 2.45) is 4.99 Å². The third kappa shape index (κ3) is 2.81. The Balaban J connectivity index is 2.84. The van der Waals surface area contributed by atoms with E-state index in [0.717, 1.165) is 10.0 Å². The first kappa shape index (κ1) is 10.6. The fourth-order valence-electron chi connectivity index (χ4n) is 1.06. The van der Waals surface area contributed by atoms with Crippen molar-refractivity contribution in [3.8, 4) is 6.07 Å². The zero-order chi connectivity index (χ0) is 10.4. The molecular weight excluding hydrogens is 244 g/mol. The number of benzene rings is 1. The standard InChI is InChI=1S/C10H7BrN2O/c11-10-2-1-8(6-12)5-9(10)3-4-13-7-14/h1-2,5H,3-4H2. The lowest BCUT2D eigenvalue weighted by Crippen LogP contribution is -1.91. The minimum Gasteiger partial charge on any atom is -0.211 e. The van der Waals surface area contributed by atoms with E-state index in [9.17, 15) is 4.79 Å².